The minimum Gasteiger partial charge on any atom is -0.370 e. The Bertz CT molecular complexity index is 554. The topological polar surface area (TPSA) is 15.6 Å². The van der Waals surface area contributed by atoms with Crippen molar-refractivity contribution in [2.45, 2.75) is 12.8 Å². The first-order valence-electron chi connectivity index (χ1n) is 6.86. The Labute approximate surface area is 114 Å². The molecule has 0 aliphatic carbocycles. The second-order valence-electron chi connectivity index (χ2n) is 4.85. The van der Waals surface area contributed by atoms with E-state index in [0.29, 0.717) is 0 Å². The van der Waals surface area contributed by atoms with Gasteiger partial charge in [-0.2, -0.15) is 0 Å². The highest BCUT2D eigenvalue weighted by Crippen LogP contribution is 2.30. The normalized spacial score (nSPS) is 15.3. The number of para-hydroxylation sites is 2. The van der Waals surface area contributed by atoms with Crippen LogP contribution in [0.5, 0.6) is 0 Å². The second-order valence-corrected chi connectivity index (χ2v) is 4.85. The molecule has 96 valence electrons. The summed E-state index contributed by atoms with van der Waals surface area (Å²) in [6.45, 7) is 2.30. The number of nitrogens with zero attached hydrogens (tertiary/aromatic N) is 2. The van der Waals surface area contributed by atoms with Gasteiger partial charge in [-0.1, -0.05) is 42.5 Å². The van der Waals surface area contributed by atoms with E-state index in [0.717, 1.165) is 24.3 Å². The summed E-state index contributed by atoms with van der Waals surface area (Å²) in [6, 6.07) is 18.6. The summed E-state index contributed by atoms with van der Waals surface area (Å²) >= 11 is 0. The standard InChI is InChI=1S/C17H18N2/c1-2-8-15(9-3-1)14-18-16-10-4-5-11-17(16)19-12-6-7-13-19/h1-5,8-11,14H,6-7,12-13H2. The lowest BCUT2D eigenvalue weighted by Crippen LogP contribution is -2.17. The van der Waals surface area contributed by atoms with Crippen molar-refractivity contribution in [3.63, 3.8) is 0 Å². The van der Waals surface area contributed by atoms with Gasteiger partial charge in [-0.05, 0) is 30.5 Å². The molecule has 2 aromatic carbocycles. The van der Waals surface area contributed by atoms with Crippen LogP contribution in [0.2, 0.25) is 0 Å². The highest BCUT2D eigenvalue weighted by Gasteiger charge is 2.14. The van der Waals surface area contributed by atoms with E-state index in [9.17, 15) is 0 Å². The van der Waals surface area contributed by atoms with Crippen molar-refractivity contribution in [2.75, 3.05) is 18.0 Å². The highest BCUT2D eigenvalue weighted by molar-refractivity contribution is 5.84. The summed E-state index contributed by atoms with van der Waals surface area (Å²) in [5.74, 6) is 0. The Kier molecular flexibility index (Phi) is 3.59. The summed E-state index contributed by atoms with van der Waals surface area (Å²) < 4.78 is 0. The molecule has 1 heterocycles. The predicted molar refractivity (Wildman–Crippen MR) is 81.6 cm³/mol. The van der Waals surface area contributed by atoms with E-state index in [2.05, 4.69) is 46.3 Å². The van der Waals surface area contributed by atoms with Crippen LogP contribution < -0.4 is 4.90 Å². The molecule has 2 aromatic rings. The third-order valence-electron chi connectivity index (χ3n) is 3.48. The minimum atomic E-state index is 1.06. The average molecular weight is 250 g/mol. The molecule has 3 rings (SSSR count). The molecule has 0 atom stereocenters. The quantitative estimate of drug-likeness (QED) is 0.751. The number of anilines is 1. The molecule has 0 N–H and O–H groups in total. The van der Waals surface area contributed by atoms with Crippen molar-refractivity contribution in [3.8, 4) is 0 Å². The number of aliphatic imine (C=N–C) groups is 1. The first kappa shape index (κ1) is 12.0. The second kappa shape index (κ2) is 5.70. The van der Waals surface area contributed by atoms with Gasteiger partial charge < -0.3 is 4.90 Å². The minimum absolute atomic E-state index is 1.06. The molecule has 1 saturated heterocycles. The zero-order valence-corrected chi connectivity index (χ0v) is 11.0. The Morgan fingerprint density at radius 1 is 0.842 bits per heavy atom. The fourth-order valence-electron chi connectivity index (χ4n) is 2.48. The van der Waals surface area contributed by atoms with Gasteiger partial charge >= 0.3 is 0 Å². The van der Waals surface area contributed by atoms with Crippen LogP contribution in [0.25, 0.3) is 0 Å². The van der Waals surface area contributed by atoms with Crippen LogP contribution in [0, 0.1) is 0 Å². The van der Waals surface area contributed by atoms with Crippen molar-refractivity contribution < 1.29 is 0 Å². The van der Waals surface area contributed by atoms with Gasteiger partial charge in [-0.25, -0.2) is 0 Å². The van der Waals surface area contributed by atoms with Crippen LogP contribution in [0.15, 0.2) is 59.6 Å². The van der Waals surface area contributed by atoms with Crippen molar-refractivity contribution in [3.05, 3.63) is 60.2 Å². The van der Waals surface area contributed by atoms with Gasteiger partial charge in [0.1, 0.15) is 0 Å². The molecule has 1 aliphatic heterocycles. The zero-order valence-electron chi connectivity index (χ0n) is 11.0. The van der Waals surface area contributed by atoms with E-state index >= 15 is 0 Å². The molecule has 2 heteroatoms. The number of rotatable bonds is 3. The number of benzene rings is 2. The van der Waals surface area contributed by atoms with Gasteiger partial charge in [0.15, 0.2) is 0 Å². The first-order chi connectivity index (χ1) is 9.43. The number of hydrogen-bond acceptors (Lipinski definition) is 2. The van der Waals surface area contributed by atoms with Crippen molar-refractivity contribution in [1.82, 2.24) is 0 Å². The molecule has 19 heavy (non-hydrogen) atoms. The van der Waals surface area contributed by atoms with Crippen molar-refractivity contribution in [1.29, 1.82) is 0 Å². The zero-order chi connectivity index (χ0) is 12.9. The predicted octanol–water partition coefficient (Wildman–Crippen LogP) is 4.04. The maximum atomic E-state index is 4.65. The molecule has 0 saturated carbocycles. The largest absolute Gasteiger partial charge is 0.370 e. The molecule has 0 radical (unpaired) electrons. The summed E-state index contributed by atoms with van der Waals surface area (Å²) in [7, 11) is 0. The Morgan fingerprint density at radius 3 is 2.32 bits per heavy atom. The van der Waals surface area contributed by atoms with E-state index in [1.165, 1.54) is 18.5 Å². The molecular formula is C17H18N2. The van der Waals surface area contributed by atoms with Crippen LogP contribution in [0.3, 0.4) is 0 Å². The lowest BCUT2D eigenvalue weighted by molar-refractivity contribution is 0.949. The van der Waals surface area contributed by atoms with Crippen LogP contribution in [-0.4, -0.2) is 19.3 Å². The molecule has 0 unspecified atom stereocenters. The molecule has 0 bridgehead atoms. The molecule has 0 spiro atoms. The fraction of sp³-hybridized carbons (Fsp3) is 0.235. The van der Waals surface area contributed by atoms with Gasteiger partial charge in [-0.3, -0.25) is 4.99 Å². The molecule has 0 amide bonds. The maximum absolute atomic E-state index is 4.65. The number of hydrogen-bond donors (Lipinski definition) is 0. The van der Waals surface area contributed by atoms with Gasteiger partial charge in [0, 0.05) is 19.3 Å². The molecule has 0 aromatic heterocycles. The van der Waals surface area contributed by atoms with Gasteiger partial charge in [-0.15, -0.1) is 0 Å². The van der Waals surface area contributed by atoms with Crippen molar-refractivity contribution in [2.24, 2.45) is 4.99 Å². The Balaban J connectivity index is 1.86. The third kappa shape index (κ3) is 2.84. The van der Waals surface area contributed by atoms with E-state index in [1.807, 2.05) is 24.4 Å². The lowest BCUT2D eigenvalue weighted by atomic mass is 10.2. The fourth-order valence-corrected chi connectivity index (χ4v) is 2.48. The van der Waals surface area contributed by atoms with Crippen LogP contribution in [-0.2, 0) is 0 Å². The molecular weight excluding hydrogens is 232 g/mol. The van der Waals surface area contributed by atoms with Crippen LogP contribution >= 0.6 is 0 Å². The summed E-state index contributed by atoms with van der Waals surface area (Å²) in [4.78, 5) is 7.08. The van der Waals surface area contributed by atoms with E-state index in [1.54, 1.807) is 0 Å². The molecule has 2 nitrogen and oxygen atoms in total. The van der Waals surface area contributed by atoms with Gasteiger partial charge in [0.2, 0.25) is 0 Å². The summed E-state index contributed by atoms with van der Waals surface area (Å²) in [5, 5.41) is 0. The first-order valence-corrected chi connectivity index (χ1v) is 6.86. The Hall–Kier alpha value is -2.09. The third-order valence-corrected chi connectivity index (χ3v) is 3.48. The van der Waals surface area contributed by atoms with Crippen LogP contribution in [0.4, 0.5) is 11.4 Å². The molecule has 1 aliphatic rings. The lowest BCUT2D eigenvalue weighted by Gasteiger charge is -2.19. The van der Waals surface area contributed by atoms with Crippen LogP contribution in [0.1, 0.15) is 18.4 Å². The van der Waals surface area contributed by atoms with E-state index < -0.39 is 0 Å². The summed E-state index contributed by atoms with van der Waals surface area (Å²) in [6.07, 6.45) is 4.52. The SMILES string of the molecule is C(=Nc1ccccc1N1CCCC1)c1ccccc1. The average Bonchev–Trinajstić information content (AvgIpc) is 3.01. The molecule has 1 fully saturated rings. The monoisotopic (exact) mass is 250 g/mol. The van der Waals surface area contributed by atoms with Gasteiger partial charge in [0.25, 0.3) is 0 Å². The van der Waals surface area contributed by atoms with Crippen molar-refractivity contribution >= 4 is 17.6 Å². The Morgan fingerprint density at radius 2 is 1.53 bits per heavy atom. The van der Waals surface area contributed by atoms with E-state index in [-0.39, 0.29) is 0 Å². The highest BCUT2D eigenvalue weighted by atomic mass is 15.2. The summed E-state index contributed by atoms with van der Waals surface area (Å²) in [5.41, 5.74) is 3.46. The maximum Gasteiger partial charge on any atom is 0.0863 e. The van der Waals surface area contributed by atoms with Gasteiger partial charge in [0.05, 0.1) is 11.4 Å². The van der Waals surface area contributed by atoms with E-state index in [4.69, 9.17) is 0 Å². The smallest absolute Gasteiger partial charge is 0.0863 e.